The van der Waals surface area contributed by atoms with Gasteiger partial charge < -0.3 is 19.9 Å². The van der Waals surface area contributed by atoms with E-state index in [9.17, 15) is 0 Å². The van der Waals surface area contributed by atoms with Crippen molar-refractivity contribution in [3.63, 3.8) is 0 Å². The molecule has 1 aliphatic rings. The van der Waals surface area contributed by atoms with E-state index < -0.39 is 5.91 Å². The molecule has 104 valence electrons. The van der Waals surface area contributed by atoms with Gasteiger partial charge in [-0.25, -0.2) is 4.99 Å². The van der Waals surface area contributed by atoms with Crippen molar-refractivity contribution in [1.29, 1.82) is 0 Å². The highest BCUT2D eigenvalue weighted by Crippen LogP contribution is 2.40. The lowest BCUT2D eigenvalue weighted by molar-refractivity contribution is -0.224. The highest BCUT2D eigenvalue weighted by atomic mass is 16.7. The van der Waals surface area contributed by atoms with E-state index in [-0.39, 0.29) is 0 Å². The second-order valence-electron chi connectivity index (χ2n) is 4.24. The molecule has 19 heavy (non-hydrogen) atoms. The van der Waals surface area contributed by atoms with E-state index >= 15 is 0 Å². The van der Waals surface area contributed by atoms with Gasteiger partial charge in [-0.3, -0.25) is 0 Å². The molecule has 0 bridgehead atoms. The van der Waals surface area contributed by atoms with E-state index in [2.05, 4.69) is 4.99 Å². The molecule has 0 radical (unpaired) electrons. The molecule has 5 heteroatoms. The van der Waals surface area contributed by atoms with Gasteiger partial charge in [0.2, 0.25) is 0 Å². The third kappa shape index (κ3) is 2.31. The van der Waals surface area contributed by atoms with Crippen LogP contribution < -0.4 is 10.5 Å². The molecule has 1 aliphatic heterocycles. The molecule has 2 N–H and O–H groups in total. The second kappa shape index (κ2) is 5.59. The Bertz CT molecular complexity index is 488. The minimum atomic E-state index is -1.14. The number of aliphatic imine (C=N–C) groups is 1. The fourth-order valence-corrected chi connectivity index (χ4v) is 2.17. The second-order valence-corrected chi connectivity index (χ2v) is 4.24. The summed E-state index contributed by atoms with van der Waals surface area (Å²) in [6, 6.07) is 5.66. The van der Waals surface area contributed by atoms with E-state index in [4.69, 9.17) is 19.9 Å². The maximum absolute atomic E-state index is 6.01. The Hall–Kier alpha value is -1.59. The van der Waals surface area contributed by atoms with Crippen LogP contribution in [0.1, 0.15) is 31.4 Å². The number of hydrogen-bond acceptors (Lipinski definition) is 5. The molecule has 1 aromatic rings. The van der Waals surface area contributed by atoms with Gasteiger partial charge in [0.05, 0.1) is 24.3 Å². The summed E-state index contributed by atoms with van der Waals surface area (Å²) in [6.45, 7) is 5.07. The van der Waals surface area contributed by atoms with Gasteiger partial charge in [0.15, 0.2) is 0 Å². The molecule has 0 amide bonds. The zero-order valence-corrected chi connectivity index (χ0v) is 11.6. The van der Waals surface area contributed by atoms with Crippen LogP contribution in [-0.2, 0) is 15.4 Å². The standard InChI is InChI=1S/C14H20N2O3/c1-4-9-19-14(17-3)10-7-6-8-11(18-5-2)12(10)13(15)16-14/h6-8H,4-5,9H2,1-3H3,(H2,15,16). The summed E-state index contributed by atoms with van der Waals surface area (Å²) < 4.78 is 16.8. The number of fused-ring (bicyclic) bond motifs is 1. The van der Waals surface area contributed by atoms with Crippen LogP contribution >= 0.6 is 0 Å². The van der Waals surface area contributed by atoms with Gasteiger partial charge in [0.1, 0.15) is 11.6 Å². The number of benzene rings is 1. The van der Waals surface area contributed by atoms with Crippen LogP contribution in [0.25, 0.3) is 0 Å². The maximum Gasteiger partial charge on any atom is 0.300 e. The highest BCUT2D eigenvalue weighted by molar-refractivity contribution is 6.04. The zero-order chi connectivity index (χ0) is 13.9. The molecule has 2 rings (SSSR count). The lowest BCUT2D eigenvalue weighted by atomic mass is 10.1. The van der Waals surface area contributed by atoms with Crippen molar-refractivity contribution >= 4 is 5.84 Å². The summed E-state index contributed by atoms with van der Waals surface area (Å²) in [7, 11) is 1.56. The highest BCUT2D eigenvalue weighted by Gasteiger charge is 2.42. The number of hydrogen-bond donors (Lipinski definition) is 1. The van der Waals surface area contributed by atoms with Crippen LogP contribution in [0.5, 0.6) is 5.75 Å². The molecule has 0 fully saturated rings. The molecular formula is C14H20N2O3. The first-order valence-electron chi connectivity index (χ1n) is 6.49. The fourth-order valence-electron chi connectivity index (χ4n) is 2.17. The summed E-state index contributed by atoms with van der Waals surface area (Å²) >= 11 is 0. The smallest absolute Gasteiger partial charge is 0.300 e. The van der Waals surface area contributed by atoms with Crippen molar-refractivity contribution in [3.8, 4) is 5.75 Å². The zero-order valence-electron chi connectivity index (χ0n) is 11.6. The first kappa shape index (κ1) is 13.8. The largest absolute Gasteiger partial charge is 0.493 e. The number of rotatable bonds is 6. The summed E-state index contributed by atoms with van der Waals surface area (Å²) in [5, 5.41) is 0. The predicted molar refractivity (Wildman–Crippen MR) is 73.3 cm³/mol. The van der Waals surface area contributed by atoms with Crippen LogP contribution in [0.2, 0.25) is 0 Å². The summed E-state index contributed by atoms with van der Waals surface area (Å²) in [4.78, 5) is 4.36. The van der Waals surface area contributed by atoms with Gasteiger partial charge >= 0.3 is 0 Å². The van der Waals surface area contributed by atoms with Gasteiger partial charge in [-0.1, -0.05) is 19.1 Å². The quantitative estimate of drug-likeness (QED) is 0.798. The Labute approximate surface area is 113 Å². The van der Waals surface area contributed by atoms with Crippen molar-refractivity contribution < 1.29 is 14.2 Å². The SMILES string of the molecule is CCCOC1(OC)N=C(N)c2c(OCC)cccc21. The Balaban J connectivity index is 2.47. The average Bonchev–Trinajstić information content (AvgIpc) is 2.71. The Morgan fingerprint density at radius 1 is 1.32 bits per heavy atom. The average molecular weight is 264 g/mol. The maximum atomic E-state index is 6.01. The van der Waals surface area contributed by atoms with Crippen LogP contribution in [0, 0.1) is 0 Å². The van der Waals surface area contributed by atoms with E-state index in [1.807, 2.05) is 32.0 Å². The first-order valence-corrected chi connectivity index (χ1v) is 6.49. The van der Waals surface area contributed by atoms with Crippen LogP contribution in [0.4, 0.5) is 0 Å². The van der Waals surface area contributed by atoms with Crippen molar-refractivity contribution in [2.24, 2.45) is 10.7 Å². The molecule has 0 aromatic heterocycles. The van der Waals surface area contributed by atoms with Crippen LogP contribution in [0.15, 0.2) is 23.2 Å². The molecule has 0 saturated heterocycles. The van der Waals surface area contributed by atoms with Crippen LogP contribution in [0.3, 0.4) is 0 Å². The van der Waals surface area contributed by atoms with Gasteiger partial charge in [-0.2, -0.15) is 0 Å². The summed E-state index contributed by atoms with van der Waals surface area (Å²) in [5.74, 6) is -0.0417. The Morgan fingerprint density at radius 2 is 2.11 bits per heavy atom. The van der Waals surface area contributed by atoms with Crippen molar-refractivity contribution in [2.45, 2.75) is 26.2 Å². The molecule has 1 aromatic carbocycles. The van der Waals surface area contributed by atoms with Crippen molar-refractivity contribution in [3.05, 3.63) is 29.3 Å². The monoisotopic (exact) mass is 264 g/mol. The van der Waals surface area contributed by atoms with E-state index in [0.717, 1.165) is 17.5 Å². The lowest BCUT2D eigenvalue weighted by Gasteiger charge is -2.25. The molecule has 5 nitrogen and oxygen atoms in total. The molecule has 1 atom stereocenters. The third-order valence-electron chi connectivity index (χ3n) is 2.97. The third-order valence-corrected chi connectivity index (χ3v) is 2.97. The fraction of sp³-hybridized carbons (Fsp3) is 0.500. The summed E-state index contributed by atoms with van der Waals surface area (Å²) in [6.07, 6.45) is 0.876. The van der Waals surface area contributed by atoms with Gasteiger partial charge in [-0.15, -0.1) is 0 Å². The van der Waals surface area contributed by atoms with E-state index in [0.29, 0.717) is 24.8 Å². The molecule has 0 spiro atoms. The summed E-state index contributed by atoms with van der Waals surface area (Å²) in [5.41, 5.74) is 7.57. The number of amidine groups is 1. The van der Waals surface area contributed by atoms with Gasteiger partial charge in [0.25, 0.3) is 5.91 Å². The minimum absolute atomic E-state index is 0.386. The first-order chi connectivity index (χ1) is 9.18. The lowest BCUT2D eigenvalue weighted by Crippen LogP contribution is -2.28. The van der Waals surface area contributed by atoms with Crippen LogP contribution in [-0.4, -0.2) is 26.2 Å². The molecule has 0 aliphatic carbocycles. The topological polar surface area (TPSA) is 66.1 Å². The number of ether oxygens (including phenoxy) is 3. The van der Waals surface area contributed by atoms with Crippen molar-refractivity contribution in [2.75, 3.05) is 20.3 Å². The molecule has 0 saturated carbocycles. The Morgan fingerprint density at radius 3 is 2.74 bits per heavy atom. The Kier molecular flexibility index (Phi) is 4.07. The van der Waals surface area contributed by atoms with E-state index in [1.165, 1.54) is 0 Å². The number of nitrogens with two attached hydrogens (primary N) is 1. The van der Waals surface area contributed by atoms with Gasteiger partial charge in [0, 0.05) is 7.11 Å². The van der Waals surface area contributed by atoms with Gasteiger partial charge in [-0.05, 0) is 19.4 Å². The van der Waals surface area contributed by atoms with E-state index in [1.54, 1.807) is 7.11 Å². The predicted octanol–water partition coefficient (Wildman–Crippen LogP) is 1.99. The minimum Gasteiger partial charge on any atom is -0.493 e. The molecule has 1 heterocycles. The van der Waals surface area contributed by atoms with Crippen molar-refractivity contribution in [1.82, 2.24) is 0 Å². The molecular weight excluding hydrogens is 244 g/mol. The number of methoxy groups -OCH3 is 1. The normalized spacial score (nSPS) is 21.1. The number of nitrogens with zero attached hydrogens (tertiary/aromatic N) is 1. The molecule has 1 unspecified atom stereocenters.